The molecule has 0 radical (unpaired) electrons. The van der Waals surface area contributed by atoms with Crippen LogP contribution in [0, 0.1) is 0 Å². The van der Waals surface area contributed by atoms with Gasteiger partial charge in [0.15, 0.2) is 6.04 Å². The van der Waals surface area contributed by atoms with Gasteiger partial charge in [-0.1, -0.05) is 38.1 Å². The van der Waals surface area contributed by atoms with Crippen molar-refractivity contribution in [1.82, 2.24) is 15.2 Å². The number of nitrogens with one attached hydrogen (secondary N) is 2. The summed E-state index contributed by atoms with van der Waals surface area (Å²) in [6.45, 7) is 4.28. The number of aromatic nitrogens is 1. The second-order valence-electron chi connectivity index (χ2n) is 9.30. The minimum absolute atomic E-state index is 0.0659. The van der Waals surface area contributed by atoms with Gasteiger partial charge in [0.2, 0.25) is 11.8 Å². The van der Waals surface area contributed by atoms with Gasteiger partial charge in [-0.05, 0) is 36.1 Å². The van der Waals surface area contributed by atoms with Crippen LogP contribution in [0.3, 0.4) is 0 Å². The Morgan fingerprint density at radius 1 is 1.24 bits per heavy atom. The third kappa shape index (κ3) is 4.41. The van der Waals surface area contributed by atoms with Crippen molar-refractivity contribution in [2.75, 3.05) is 12.4 Å². The number of fused-ring (bicyclic) bond motifs is 1. The van der Waals surface area contributed by atoms with Crippen LogP contribution in [-0.2, 0) is 21.4 Å². The van der Waals surface area contributed by atoms with Crippen LogP contribution >= 0.6 is 0 Å². The molecule has 0 saturated carbocycles. The zero-order valence-electron chi connectivity index (χ0n) is 18.7. The van der Waals surface area contributed by atoms with Crippen molar-refractivity contribution in [2.45, 2.75) is 62.8 Å². The fourth-order valence-electron chi connectivity index (χ4n) is 4.83. The Morgan fingerprint density at radius 2 is 1.97 bits per heavy atom. The predicted octanol–water partition coefficient (Wildman–Crippen LogP) is 3.74. The predicted molar refractivity (Wildman–Crippen MR) is 118 cm³/mol. The van der Waals surface area contributed by atoms with Crippen LogP contribution in [0.1, 0.15) is 49.6 Å². The number of carbonyl (C=O) groups excluding carboxylic acids is 2. The van der Waals surface area contributed by atoms with Crippen molar-refractivity contribution in [3.05, 3.63) is 59.4 Å². The van der Waals surface area contributed by atoms with E-state index in [4.69, 9.17) is 0 Å². The molecule has 1 saturated heterocycles. The van der Waals surface area contributed by atoms with Gasteiger partial charge in [0.05, 0.1) is 17.6 Å². The van der Waals surface area contributed by atoms with Gasteiger partial charge in [-0.2, -0.15) is 13.2 Å². The molecule has 3 atom stereocenters. The van der Waals surface area contributed by atoms with E-state index in [2.05, 4.69) is 41.6 Å². The molecule has 6 nitrogen and oxygen atoms in total. The minimum Gasteiger partial charge on any atom is -0.380 e. The smallest absolute Gasteiger partial charge is 0.380 e. The Bertz CT molecular complexity index is 1050. The molecule has 2 N–H and O–H groups in total. The normalized spacial score (nSPS) is 22.4. The summed E-state index contributed by atoms with van der Waals surface area (Å²) < 4.78 is 41.8. The van der Waals surface area contributed by atoms with Crippen LogP contribution in [-0.4, -0.2) is 47.0 Å². The second-order valence-corrected chi connectivity index (χ2v) is 9.30. The Morgan fingerprint density at radius 3 is 2.55 bits per heavy atom. The lowest BCUT2D eigenvalue weighted by Gasteiger charge is -2.32. The number of alkyl halides is 3. The fourth-order valence-corrected chi connectivity index (χ4v) is 4.83. The molecule has 0 spiro atoms. The van der Waals surface area contributed by atoms with E-state index in [-0.39, 0.29) is 35.9 Å². The molecule has 1 aliphatic heterocycles. The maximum atomic E-state index is 13.9. The molecule has 1 aliphatic carbocycles. The van der Waals surface area contributed by atoms with Gasteiger partial charge in [-0.25, -0.2) is 0 Å². The van der Waals surface area contributed by atoms with Gasteiger partial charge in [0, 0.05) is 24.9 Å². The molecule has 33 heavy (non-hydrogen) atoms. The summed E-state index contributed by atoms with van der Waals surface area (Å²) in [7, 11) is 1.09. The van der Waals surface area contributed by atoms with E-state index in [1.54, 1.807) is 6.07 Å². The number of likely N-dealkylation sites (N-methyl/N-ethyl adjacent to an activating group) is 1. The average Bonchev–Trinajstić information content (AvgIpc) is 3.29. The number of rotatable bonds is 5. The molecule has 2 aliphatic rings. The fraction of sp³-hybridized carbons (Fsp3) is 0.458. The first-order valence-corrected chi connectivity index (χ1v) is 10.9. The van der Waals surface area contributed by atoms with Crippen LogP contribution < -0.4 is 10.6 Å². The average molecular weight is 461 g/mol. The van der Waals surface area contributed by atoms with Gasteiger partial charge in [-0.15, -0.1) is 0 Å². The second kappa shape index (κ2) is 8.35. The first kappa shape index (κ1) is 23.1. The Balaban J connectivity index is 1.52. The van der Waals surface area contributed by atoms with Crippen molar-refractivity contribution in [3.63, 3.8) is 0 Å². The van der Waals surface area contributed by atoms with E-state index in [0.29, 0.717) is 10.6 Å². The van der Waals surface area contributed by atoms with Gasteiger partial charge in [0.1, 0.15) is 6.04 Å². The van der Waals surface area contributed by atoms with Crippen molar-refractivity contribution in [3.8, 4) is 0 Å². The highest BCUT2D eigenvalue weighted by Crippen LogP contribution is 2.40. The number of halogens is 3. The first-order valence-electron chi connectivity index (χ1n) is 10.9. The zero-order valence-corrected chi connectivity index (χ0v) is 18.7. The summed E-state index contributed by atoms with van der Waals surface area (Å²) in [6, 6.07) is 7.98. The third-order valence-electron chi connectivity index (χ3n) is 6.75. The number of pyridine rings is 1. The van der Waals surface area contributed by atoms with Crippen LogP contribution in [0.5, 0.6) is 0 Å². The number of hydrogen-bond acceptors (Lipinski definition) is 4. The highest BCUT2D eigenvalue weighted by Gasteiger charge is 2.48. The van der Waals surface area contributed by atoms with Crippen molar-refractivity contribution < 1.29 is 22.8 Å². The molecule has 2 heterocycles. The van der Waals surface area contributed by atoms with E-state index in [9.17, 15) is 22.8 Å². The lowest BCUT2D eigenvalue weighted by molar-refractivity contribution is -0.190. The first-order chi connectivity index (χ1) is 15.5. The maximum absolute atomic E-state index is 13.9. The van der Waals surface area contributed by atoms with Crippen molar-refractivity contribution in [2.24, 2.45) is 0 Å². The topological polar surface area (TPSA) is 74.3 Å². The molecule has 1 fully saturated rings. The van der Waals surface area contributed by atoms with E-state index in [1.165, 1.54) is 23.4 Å². The molecular weight excluding hydrogens is 433 g/mol. The van der Waals surface area contributed by atoms with E-state index < -0.39 is 24.2 Å². The number of carbonyl (C=O) groups is 2. The largest absolute Gasteiger partial charge is 0.414 e. The monoisotopic (exact) mass is 460 g/mol. The minimum atomic E-state index is -4.72. The SMILES string of the molecule is CN(C(=O)C1CCC(=O)N1)[C@@H](c1ccc(NC2Cc3ccccc3C2(C)C)cn1)C(F)(F)F. The molecule has 1 aromatic heterocycles. The molecule has 0 bridgehead atoms. The number of nitrogens with zero attached hydrogens (tertiary/aromatic N) is 2. The summed E-state index contributed by atoms with van der Waals surface area (Å²) in [5.41, 5.74) is 2.69. The molecule has 176 valence electrons. The van der Waals surface area contributed by atoms with Crippen LogP contribution in [0.4, 0.5) is 18.9 Å². The van der Waals surface area contributed by atoms with E-state index >= 15 is 0 Å². The van der Waals surface area contributed by atoms with Crippen molar-refractivity contribution in [1.29, 1.82) is 0 Å². The quantitative estimate of drug-likeness (QED) is 0.713. The highest BCUT2D eigenvalue weighted by molar-refractivity contribution is 5.90. The summed E-state index contributed by atoms with van der Waals surface area (Å²) in [5, 5.41) is 5.84. The molecule has 4 rings (SSSR count). The van der Waals surface area contributed by atoms with Crippen LogP contribution in [0.2, 0.25) is 0 Å². The summed E-state index contributed by atoms with van der Waals surface area (Å²) in [6.07, 6.45) is -2.23. The Kier molecular flexibility index (Phi) is 5.84. The van der Waals surface area contributed by atoms with Crippen LogP contribution in [0.25, 0.3) is 0 Å². The summed E-state index contributed by atoms with van der Waals surface area (Å²) in [4.78, 5) is 28.7. The molecule has 2 unspecified atom stereocenters. The van der Waals surface area contributed by atoms with E-state index in [1.807, 2.05) is 12.1 Å². The summed E-state index contributed by atoms with van der Waals surface area (Å²) >= 11 is 0. The van der Waals surface area contributed by atoms with Gasteiger partial charge < -0.3 is 15.5 Å². The standard InChI is InChI=1S/C24H27F3N4O2/c1-23(2)16-7-5-4-6-14(16)12-19(23)29-15-8-9-17(28-13-15)21(24(25,26)27)31(3)22(33)18-10-11-20(32)30-18/h4-9,13,18-19,21,29H,10-12H2,1-3H3,(H,30,32)/t18?,19?,21-/m0/s1. The molecule has 2 aromatic rings. The lowest BCUT2D eigenvalue weighted by atomic mass is 9.83. The number of anilines is 1. The van der Waals surface area contributed by atoms with Gasteiger partial charge >= 0.3 is 6.18 Å². The highest BCUT2D eigenvalue weighted by atomic mass is 19.4. The van der Waals surface area contributed by atoms with Gasteiger partial charge in [0.25, 0.3) is 0 Å². The number of hydrogen-bond donors (Lipinski definition) is 2. The van der Waals surface area contributed by atoms with Crippen molar-refractivity contribution >= 4 is 17.5 Å². The van der Waals surface area contributed by atoms with Gasteiger partial charge in [-0.3, -0.25) is 14.6 Å². The molecule has 2 amide bonds. The molecule has 1 aromatic carbocycles. The van der Waals surface area contributed by atoms with E-state index in [0.717, 1.165) is 13.5 Å². The Hall–Kier alpha value is -3.10. The Labute approximate surface area is 190 Å². The maximum Gasteiger partial charge on any atom is 0.414 e. The summed E-state index contributed by atoms with van der Waals surface area (Å²) in [5.74, 6) is -1.12. The number of amides is 2. The number of benzene rings is 1. The third-order valence-corrected chi connectivity index (χ3v) is 6.75. The van der Waals surface area contributed by atoms with Crippen LogP contribution in [0.15, 0.2) is 42.6 Å². The lowest BCUT2D eigenvalue weighted by Crippen LogP contribution is -2.48. The molecule has 9 heteroatoms. The molecular formula is C24H27F3N4O2. The zero-order chi connectivity index (χ0) is 24.0.